The highest BCUT2D eigenvalue weighted by atomic mass is 31.2. The summed E-state index contributed by atoms with van der Waals surface area (Å²) in [6, 6.07) is 13.7. The molecule has 5 atom stereocenters. The van der Waals surface area contributed by atoms with Gasteiger partial charge in [0.15, 0.2) is 0 Å². The van der Waals surface area contributed by atoms with Crippen LogP contribution in [0, 0.1) is 6.92 Å². The van der Waals surface area contributed by atoms with Crippen LogP contribution in [0.2, 0.25) is 0 Å². The minimum atomic E-state index is -2.19. The summed E-state index contributed by atoms with van der Waals surface area (Å²) in [4.78, 5) is 0. The molecule has 0 saturated carbocycles. The van der Waals surface area contributed by atoms with Crippen molar-refractivity contribution in [3.8, 4) is 0 Å². The maximum Gasteiger partial charge on any atom is 0.113 e. The lowest BCUT2D eigenvalue weighted by atomic mass is 9.89. The molecule has 8 heteroatoms. The fraction of sp³-hybridized carbons (Fsp3) is 0.500. The first-order valence-electron chi connectivity index (χ1n) is 10.7. The van der Waals surface area contributed by atoms with Crippen molar-refractivity contribution in [2.75, 3.05) is 26.3 Å². The smallest absolute Gasteiger partial charge is 0.113 e. The van der Waals surface area contributed by atoms with E-state index in [1.807, 2.05) is 49.4 Å². The number of rotatable bonds is 8. The summed E-state index contributed by atoms with van der Waals surface area (Å²) >= 11 is 0. The zero-order chi connectivity index (χ0) is 23.5. The summed E-state index contributed by atoms with van der Waals surface area (Å²) in [6.45, 7) is 5.37. The lowest BCUT2D eigenvalue weighted by Crippen LogP contribution is -2.55. The van der Waals surface area contributed by atoms with Crippen LogP contribution in [-0.4, -0.2) is 71.1 Å². The Morgan fingerprint density at radius 3 is 2.25 bits per heavy atom. The largest absolute Gasteiger partial charge is 0.394 e. The third-order valence-corrected chi connectivity index (χ3v) is 6.49. The van der Waals surface area contributed by atoms with Crippen LogP contribution in [0.1, 0.15) is 33.9 Å². The number of ether oxygens (including phenoxy) is 2. The molecule has 2 aromatic rings. The van der Waals surface area contributed by atoms with Gasteiger partial charge in [-0.1, -0.05) is 42.5 Å². The minimum Gasteiger partial charge on any atom is -0.394 e. The SMILES string of the molecule is Cc1ccc([C@@H]2O[C@H](CO)[C@@H](O)[C@H](O)[C@H]2O)cc1Cc1ccc(COCP(C)(C)=O)cc1. The molecule has 3 rings (SSSR count). The third kappa shape index (κ3) is 6.27. The molecule has 0 unspecified atom stereocenters. The Hall–Kier alpha value is -1.57. The van der Waals surface area contributed by atoms with Gasteiger partial charge in [-0.15, -0.1) is 0 Å². The van der Waals surface area contributed by atoms with Gasteiger partial charge in [0, 0.05) is 0 Å². The van der Waals surface area contributed by atoms with E-state index in [-0.39, 0.29) is 6.35 Å². The van der Waals surface area contributed by atoms with E-state index in [4.69, 9.17) is 9.47 Å². The molecule has 0 bridgehead atoms. The summed E-state index contributed by atoms with van der Waals surface area (Å²) in [5, 5.41) is 40.0. The van der Waals surface area contributed by atoms with Gasteiger partial charge in [-0.25, -0.2) is 0 Å². The van der Waals surface area contributed by atoms with Gasteiger partial charge < -0.3 is 34.5 Å². The highest BCUT2D eigenvalue weighted by Gasteiger charge is 2.43. The van der Waals surface area contributed by atoms with Crippen LogP contribution in [0.25, 0.3) is 0 Å². The number of aliphatic hydroxyl groups excluding tert-OH is 4. The van der Waals surface area contributed by atoms with Gasteiger partial charge >= 0.3 is 0 Å². The van der Waals surface area contributed by atoms with E-state index in [0.717, 1.165) is 22.3 Å². The molecule has 0 aromatic heterocycles. The predicted molar refractivity (Wildman–Crippen MR) is 122 cm³/mol. The van der Waals surface area contributed by atoms with Crippen molar-refractivity contribution in [2.24, 2.45) is 0 Å². The van der Waals surface area contributed by atoms with Crippen molar-refractivity contribution < 1.29 is 34.5 Å². The summed E-state index contributed by atoms with van der Waals surface area (Å²) in [5.74, 6) is 0. The maximum absolute atomic E-state index is 11.7. The van der Waals surface area contributed by atoms with E-state index in [1.54, 1.807) is 13.3 Å². The summed E-state index contributed by atoms with van der Waals surface area (Å²) < 4.78 is 23.0. The minimum absolute atomic E-state index is 0.263. The molecule has 4 N–H and O–H groups in total. The number of benzene rings is 2. The second-order valence-electron chi connectivity index (χ2n) is 8.98. The number of aliphatic hydroxyl groups is 4. The fourth-order valence-electron chi connectivity index (χ4n) is 3.79. The van der Waals surface area contributed by atoms with Crippen molar-refractivity contribution >= 4 is 7.14 Å². The van der Waals surface area contributed by atoms with Gasteiger partial charge in [0.1, 0.15) is 37.7 Å². The maximum atomic E-state index is 11.7. The topological polar surface area (TPSA) is 116 Å². The van der Waals surface area contributed by atoms with Gasteiger partial charge in [0.25, 0.3) is 0 Å². The molecule has 7 nitrogen and oxygen atoms in total. The van der Waals surface area contributed by atoms with Crippen LogP contribution < -0.4 is 0 Å². The zero-order valence-corrected chi connectivity index (χ0v) is 19.6. The first-order valence-corrected chi connectivity index (χ1v) is 13.5. The lowest BCUT2D eigenvalue weighted by Gasteiger charge is -2.40. The molecule has 0 radical (unpaired) electrons. The quantitative estimate of drug-likeness (QED) is 0.443. The Morgan fingerprint density at radius 2 is 1.62 bits per heavy atom. The molecule has 1 saturated heterocycles. The highest BCUT2D eigenvalue weighted by molar-refractivity contribution is 7.62. The standard InChI is InChI=1S/C24H33O7P/c1-15-4-9-18(24-23(28)22(27)21(26)20(12-25)31-24)11-19(15)10-16-5-7-17(8-6-16)13-30-14-32(2,3)29/h4-9,11,20-28H,10,12-14H2,1-3H3/t20-,21-,22+,23-,24+/m1/s1. The molecule has 1 fully saturated rings. The van der Waals surface area contributed by atoms with Gasteiger partial charge in [-0.2, -0.15) is 0 Å². The van der Waals surface area contributed by atoms with Crippen LogP contribution in [0.15, 0.2) is 42.5 Å². The molecule has 0 spiro atoms. The number of hydrogen-bond donors (Lipinski definition) is 4. The Labute approximate surface area is 189 Å². The highest BCUT2D eigenvalue weighted by Crippen LogP contribution is 2.36. The van der Waals surface area contributed by atoms with Gasteiger partial charge in [-0.05, 0) is 54.5 Å². The summed E-state index contributed by atoms with van der Waals surface area (Å²) in [7, 11) is -2.19. The normalized spacial score (nSPS) is 26.3. The molecule has 1 heterocycles. The first kappa shape index (κ1) is 25.1. The molecular weight excluding hydrogens is 431 g/mol. The van der Waals surface area contributed by atoms with E-state index in [2.05, 4.69) is 0 Å². The Kier molecular flexibility index (Phi) is 8.28. The zero-order valence-electron chi connectivity index (χ0n) is 18.7. The number of hydrogen-bond acceptors (Lipinski definition) is 7. The average Bonchev–Trinajstić information content (AvgIpc) is 2.74. The first-order chi connectivity index (χ1) is 15.1. The van der Waals surface area contributed by atoms with Gasteiger partial charge in [-0.3, -0.25) is 0 Å². The Balaban J connectivity index is 1.71. The molecule has 0 amide bonds. The molecule has 0 aliphatic carbocycles. The van der Waals surface area contributed by atoms with E-state index < -0.39 is 44.3 Å². The van der Waals surface area contributed by atoms with E-state index in [0.29, 0.717) is 18.6 Å². The van der Waals surface area contributed by atoms with Crippen LogP contribution in [0.3, 0.4) is 0 Å². The van der Waals surface area contributed by atoms with Crippen LogP contribution >= 0.6 is 7.14 Å². The monoisotopic (exact) mass is 464 g/mol. The van der Waals surface area contributed by atoms with Crippen molar-refractivity contribution in [1.29, 1.82) is 0 Å². The summed E-state index contributed by atoms with van der Waals surface area (Å²) in [6.07, 6.45) is -4.94. The Morgan fingerprint density at radius 1 is 0.969 bits per heavy atom. The number of aryl methyl sites for hydroxylation is 1. The van der Waals surface area contributed by atoms with Crippen LogP contribution in [0.4, 0.5) is 0 Å². The van der Waals surface area contributed by atoms with E-state index in [1.165, 1.54) is 0 Å². The van der Waals surface area contributed by atoms with Crippen molar-refractivity contribution in [3.05, 3.63) is 70.3 Å². The molecular formula is C24H33O7P. The molecule has 1 aliphatic rings. The Bertz CT molecular complexity index is 938. The van der Waals surface area contributed by atoms with E-state index in [9.17, 15) is 25.0 Å². The third-order valence-electron chi connectivity index (χ3n) is 5.68. The van der Waals surface area contributed by atoms with E-state index >= 15 is 0 Å². The molecule has 1 aliphatic heterocycles. The van der Waals surface area contributed by atoms with Gasteiger partial charge in [0.05, 0.1) is 19.6 Å². The van der Waals surface area contributed by atoms with Crippen LogP contribution in [0.5, 0.6) is 0 Å². The second-order valence-corrected chi connectivity index (χ2v) is 12.4. The van der Waals surface area contributed by atoms with Crippen molar-refractivity contribution in [1.82, 2.24) is 0 Å². The van der Waals surface area contributed by atoms with Gasteiger partial charge in [0.2, 0.25) is 0 Å². The predicted octanol–water partition coefficient (Wildman–Crippen LogP) is 2.20. The van der Waals surface area contributed by atoms with Crippen molar-refractivity contribution in [3.63, 3.8) is 0 Å². The lowest BCUT2D eigenvalue weighted by molar-refractivity contribution is -0.231. The van der Waals surface area contributed by atoms with Crippen LogP contribution in [-0.2, 0) is 27.1 Å². The molecule has 176 valence electrons. The fourth-order valence-corrected chi connectivity index (χ4v) is 4.32. The molecule has 2 aromatic carbocycles. The second kappa shape index (κ2) is 10.6. The summed E-state index contributed by atoms with van der Waals surface area (Å²) in [5.41, 5.74) is 4.90. The van der Waals surface area contributed by atoms with Crippen molar-refractivity contribution in [2.45, 2.75) is 50.5 Å². The molecule has 32 heavy (non-hydrogen) atoms. The average molecular weight is 464 g/mol.